The summed E-state index contributed by atoms with van der Waals surface area (Å²) in [6.45, 7) is 5.44. The van der Waals surface area contributed by atoms with Gasteiger partial charge >= 0.3 is 0 Å². The number of fused-ring (bicyclic) bond motifs is 1. The number of nitrogens with zero attached hydrogens (tertiary/aromatic N) is 4. The minimum Gasteiger partial charge on any atom is -0.473 e. The monoisotopic (exact) mass is 609 g/mol. The first-order valence-corrected chi connectivity index (χ1v) is 14.8. The van der Waals surface area contributed by atoms with Crippen LogP contribution in [0.15, 0.2) is 48.5 Å². The number of amides is 1. The van der Waals surface area contributed by atoms with Crippen LogP contribution < -0.4 is 20.3 Å². The molecule has 3 N–H and O–H groups in total. The van der Waals surface area contributed by atoms with E-state index in [1.165, 1.54) is 0 Å². The number of piperazine rings is 1. The fourth-order valence-corrected chi connectivity index (χ4v) is 5.72. The number of aromatic nitrogens is 3. The van der Waals surface area contributed by atoms with Crippen LogP contribution in [0.1, 0.15) is 28.8 Å². The fourth-order valence-electron chi connectivity index (χ4n) is 5.21. The lowest BCUT2D eigenvalue weighted by atomic mass is 10.1. The van der Waals surface area contributed by atoms with E-state index < -0.39 is 0 Å². The number of aromatic amines is 1. The number of halogens is 2. The molecule has 2 saturated heterocycles. The molecule has 2 aromatic heterocycles. The van der Waals surface area contributed by atoms with Gasteiger partial charge < -0.3 is 29.9 Å². The summed E-state index contributed by atoms with van der Waals surface area (Å²) in [6.07, 6.45) is 1.77. The number of nitrogens with one attached hydrogen (secondary N) is 3. The van der Waals surface area contributed by atoms with Crippen molar-refractivity contribution in [2.24, 2.45) is 0 Å². The molecule has 0 unspecified atom stereocenters. The Morgan fingerprint density at radius 3 is 2.60 bits per heavy atom. The minimum absolute atomic E-state index is 0.150. The zero-order valence-corrected chi connectivity index (χ0v) is 24.8. The van der Waals surface area contributed by atoms with Crippen LogP contribution in [0.4, 0.5) is 17.2 Å². The molecule has 10 nitrogen and oxygen atoms in total. The molecule has 0 spiro atoms. The topological polar surface area (TPSA) is 108 Å². The number of benzene rings is 2. The van der Waals surface area contributed by atoms with E-state index in [2.05, 4.69) is 48.7 Å². The van der Waals surface area contributed by atoms with Crippen LogP contribution >= 0.6 is 23.2 Å². The number of hydrogen-bond acceptors (Lipinski definition) is 8. The Kier molecular flexibility index (Phi) is 8.66. The Balaban J connectivity index is 1.23. The zero-order chi connectivity index (χ0) is 29.1. The van der Waals surface area contributed by atoms with E-state index in [0.717, 1.165) is 50.4 Å². The molecule has 220 valence electrons. The van der Waals surface area contributed by atoms with Crippen LogP contribution in [0, 0.1) is 0 Å². The summed E-state index contributed by atoms with van der Waals surface area (Å²) in [4.78, 5) is 23.0. The van der Waals surface area contributed by atoms with Crippen molar-refractivity contribution >= 4 is 57.3 Å². The zero-order valence-electron chi connectivity index (χ0n) is 23.3. The SMILES string of the molecule is CN1CCN(c2ccc(C(=O)Nc3n[nH]c4ccc(OCc5c(Cl)cccc5Cl)nc34)c(NC3CCOCC3)c2)CC1. The number of ether oxygens (including phenoxy) is 2. The van der Waals surface area contributed by atoms with Gasteiger partial charge in [0.05, 0.1) is 11.1 Å². The van der Waals surface area contributed by atoms with Gasteiger partial charge in [-0.25, -0.2) is 4.98 Å². The van der Waals surface area contributed by atoms with Crippen molar-refractivity contribution in [1.82, 2.24) is 20.1 Å². The molecular weight excluding hydrogens is 577 g/mol. The largest absolute Gasteiger partial charge is 0.473 e. The molecule has 4 aromatic rings. The molecule has 2 aliphatic rings. The Labute approximate surface area is 254 Å². The van der Waals surface area contributed by atoms with Crippen molar-refractivity contribution in [2.45, 2.75) is 25.5 Å². The molecule has 2 aromatic carbocycles. The number of rotatable bonds is 8. The molecule has 2 fully saturated rings. The molecule has 0 bridgehead atoms. The van der Waals surface area contributed by atoms with E-state index >= 15 is 0 Å². The molecular formula is C30H33Cl2N7O3. The lowest BCUT2D eigenvalue weighted by Crippen LogP contribution is -2.44. The van der Waals surface area contributed by atoms with Crippen LogP contribution in [0.3, 0.4) is 0 Å². The van der Waals surface area contributed by atoms with Gasteiger partial charge in [0.25, 0.3) is 5.91 Å². The quantitative estimate of drug-likeness (QED) is 0.242. The van der Waals surface area contributed by atoms with E-state index in [4.69, 9.17) is 32.7 Å². The minimum atomic E-state index is -0.279. The summed E-state index contributed by atoms with van der Waals surface area (Å²) in [5.41, 5.74) is 4.26. The summed E-state index contributed by atoms with van der Waals surface area (Å²) < 4.78 is 11.4. The molecule has 0 saturated carbocycles. The summed E-state index contributed by atoms with van der Waals surface area (Å²) in [5.74, 6) is 0.393. The van der Waals surface area contributed by atoms with Gasteiger partial charge in [0, 0.05) is 78.5 Å². The van der Waals surface area contributed by atoms with Crippen molar-refractivity contribution < 1.29 is 14.3 Å². The molecule has 12 heteroatoms. The molecule has 0 aliphatic carbocycles. The summed E-state index contributed by atoms with van der Waals surface area (Å²) in [5, 5.41) is 14.9. The number of carbonyl (C=O) groups is 1. The van der Waals surface area contributed by atoms with Gasteiger partial charge in [-0.15, -0.1) is 0 Å². The maximum atomic E-state index is 13.7. The average molecular weight is 611 g/mol. The lowest BCUT2D eigenvalue weighted by Gasteiger charge is -2.34. The number of hydrogen-bond donors (Lipinski definition) is 3. The lowest BCUT2D eigenvalue weighted by molar-refractivity contribution is 0.0904. The van der Waals surface area contributed by atoms with E-state index in [-0.39, 0.29) is 18.6 Å². The normalized spacial score (nSPS) is 16.5. The van der Waals surface area contributed by atoms with Crippen molar-refractivity contribution in [3.8, 4) is 5.88 Å². The first-order chi connectivity index (χ1) is 20.4. The number of pyridine rings is 1. The van der Waals surface area contributed by atoms with E-state index in [1.807, 2.05) is 12.1 Å². The number of likely N-dealkylation sites (N-methyl/N-ethyl adjacent to an activating group) is 1. The summed E-state index contributed by atoms with van der Waals surface area (Å²) in [6, 6.07) is 15.0. The van der Waals surface area contributed by atoms with E-state index in [9.17, 15) is 4.79 Å². The van der Waals surface area contributed by atoms with Gasteiger partial charge in [0.15, 0.2) is 5.82 Å². The average Bonchev–Trinajstić information content (AvgIpc) is 3.39. The highest BCUT2D eigenvalue weighted by atomic mass is 35.5. The third kappa shape index (κ3) is 6.42. The first kappa shape index (κ1) is 28.5. The summed E-state index contributed by atoms with van der Waals surface area (Å²) in [7, 11) is 2.14. The van der Waals surface area contributed by atoms with Gasteiger partial charge in [-0.2, -0.15) is 5.10 Å². The Bertz CT molecular complexity index is 1550. The fraction of sp³-hybridized carbons (Fsp3) is 0.367. The molecule has 1 amide bonds. The van der Waals surface area contributed by atoms with Crippen LogP contribution in [-0.2, 0) is 11.3 Å². The van der Waals surface area contributed by atoms with Crippen molar-refractivity contribution in [3.05, 3.63) is 69.7 Å². The van der Waals surface area contributed by atoms with Gasteiger partial charge in [-0.1, -0.05) is 29.3 Å². The van der Waals surface area contributed by atoms with Crippen LogP contribution in [0.25, 0.3) is 11.0 Å². The first-order valence-electron chi connectivity index (χ1n) is 14.1. The molecule has 0 radical (unpaired) electrons. The Hall–Kier alpha value is -3.57. The van der Waals surface area contributed by atoms with Gasteiger partial charge in [0.2, 0.25) is 5.88 Å². The van der Waals surface area contributed by atoms with Gasteiger partial charge in [0.1, 0.15) is 12.1 Å². The number of H-pyrrole nitrogens is 1. The number of carbonyl (C=O) groups excluding carboxylic acids is 1. The summed E-state index contributed by atoms with van der Waals surface area (Å²) >= 11 is 12.6. The van der Waals surface area contributed by atoms with E-state index in [1.54, 1.807) is 30.3 Å². The van der Waals surface area contributed by atoms with Crippen LogP contribution in [0.5, 0.6) is 5.88 Å². The standard InChI is InChI=1S/C30H33Cl2N7O3/c1-38-11-13-39(14-12-38)20-5-6-21(26(17-20)33-19-9-15-41-16-10-19)30(40)35-29-28-25(36-37-29)7-8-27(34-28)42-18-22-23(31)3-2-4-24(22)32/h2-8,17,19,33H,9-16,18H2,1H3,(H2,35,36,37,40). The van der Waals surface area contributed by atoms with Crippen molar-refractivity contribution in [3.63, 3.8) is 0 Å². The maximum absolute atomic E-state index is 13.7. The molecule has 0 atom stereocenters. The predicted molar refractivity (Wildman–Crippen MR) is 166 cm³/mol. The van der Waals surface area contributed by atoms with Crippen molar-refractivity contribution in [1.29, 1.82) is 0 Å². The second-order valence-corrected chi connectivity index (χ2v) is 11.4. The van der Waals surface area contributed by atoms with Crippen LogP contribution in [0.2, 0.25) is 10.0 Å². The van der Waals surface area contributed by atoms with Gasteiger partial charge in [-0.05, 0) is 56.3 Å². The molecule has 4 heterocycles. The highest BCUT2D eigenvalue weighted by Gasteiger charge is 2.22. The highest BCUT2D eigenvalue weighted by molar-refractivity contribution is 6.35. The number of anilines is 3. The molecule has 42 heavy (non-hydrogen) atoms. The third-order valence-corrected chi connectivity index (χ3v) is 8.45. The second-order valence-electron chi connectivity index (χ2n) is 10.6. The van der Waals surface area contributed by atoms with E-state index in [0.29, 0.717) is 57.1 Å². The molecule has 6 rings (SSSR count). The smallest absolute Gasteiger partial charge is 0.259 e. The maximum Gasteiger partial charge on any atom is 0.259 e. The predicted octanol–water partition coefficient (Wildman–Crippen LogP) is 5.44. The van der Waals surface area contributed by atoms with Crippen LogP contribution in [-0.4, -0.2) is 78.5 Å². The highest BCUT2D eigenvalue weighted by Crippen LogP contribution is 2.30. The Morgan fingerprint density at radius 2 is 1.83 bits per heavy atom. The molecule has 2 aliphatic heterocycles. The van der Waals surface area contributed by atoms with Gasteiger partial charge in [-0.3, -0.25) is 9.89 Å². The third-order valence-electron chi connectivity index (χ3n) is 7.74. The Morgan fingerprint density at radius 1 is 1.07 bits per heavy atom. The van der Waals surface area contributed by atoms with Crippen molar-refractivity contribution in [2.75, 3.05) is 62.0 Å². The second kappa shape index (κ2) is 12.7.